The number of ether oxygens (including phenoxy) is 1. The summed E-state index contributed by atoms with van der Waals surface area (Å²) in [6.07, 6.45) is -2.18. The first-order valence-electron chi connectivity index (χ1n) is 13.2. The molecule has 2 aromatic rings. The highest BCUT2D eigenvalue weighted by molar-refractivity contribution is 7.92. The number of hydrogen-bond acceptors (Lipinski definition) is 6. The minimum atomic E-state index is -4.60. The van der Waals surface area contributed by atoms with Crippen LogP contribution in [-0.4, -0.2) is 61.3 Å². The summed E-state index contributed by atoms with van der Waals surface area (Å²) in [5.74, 6) is -1.27. The van der Waals surface area contributed by atoms with Gasteiger partial charge in [0.05, 0.1) is 26.7 Å². The van der Waals surface area contributed by atoms with Gasteiger partial charge < -0.3 is 15.0 Å². The normalized spacial score (nSPS) is 22.5. The van der Waals surface area contributed by atoms with Gasteiger partial charge in [-0.25, -0.2) is 8.42 Å². The fourth-order valence-corrected chi connectivity index (χ4v) is 7.91. The summed E-state index contributed by atoms with van der Waals surface area (Å²) in [4.78, 5) is 28.6. The highest BCUT2D eigenvalue weighted by atomic mass is 35.5. The zero-order valence-electron chi connectivity index (χ0n) is 22.1. The van der Waals surface area contributed by atoms with E-state index >= 15 is 0 Å². The van der Waals surface area contributed by atoms with Gasteiger partial charge in [-0.3, -0.25) is 9.59 Å². The Morgan fingerprint density at radius 1 is 1.10 bits per heavy atom. The lowest BCUT2D eigenvalue weighted by Gasteiger charge is -2.44. The zero-order valence-corrected chi connectivity index (χ0v) is 24.4. The summed E-state index contributed by atoms with van der Waals surface area (Å²) < 4.78 is 69.8. The van der Waals surface area contributed by atoms with Crippen LogP contribution >= 0.6 is 23.2 Å². The van der Waals surface area contributed by atoms with Gasteiger partial charge in [0.1, 0.15) is 17.3 Å². The number of sulfone groups is 1. The fraction of sp³-hybridized carbons (Fsp3) is 0.464. The molecule has 2 unspecified atom stereocenters. The molecular formula is C28H26Cl2F3N3O5S. The lowest BCUT2D eigenvalue weighted by atomic mass is 9.63. The summed E-state index contributed by atoms with van der Waals surface area (Å²) in [6, 6.07) is 10.8. The number of nitriles is 1. The lowest BCUT2D eigenvalue weighted by molar-refractivity contribution is -0.153. The van der Waals surface area contributed by atoms with Gasteiger partial charge in [0.2, 0.25) is 11.8 Å². The molecule has 42 heavy (non-hydrogen) atoms. The van der Waals surface area contributed by atoms with Crippen LogP contribution in [0, 0.1) is 11.3 Å². The number of halogens is 5. The number of amides is 2. The number of carbonyl (C=O) groups excluding carboxylic acids is 2. The number of hydrogen-bond donors (Lipinski definition) is 1. The Bertz CT molecular complexity index is 1550. The van der Waals surface area contributed by atoms with Crippen molar-refractivity contribution >= 4 is 44.9 Å². The highest BCUT2D eigenvalue weighted by Gasteiger charge is 2.55. The smallest absolute Gasteiger partial charge is 0.422 e. The van der Waals surface area contributed by atoms with Crippen LogP contribution in [0.5, 0.6) is 5.75 Å². The monoisotopic (exact) mass is 643 g/mol. The molecule has 5 rings (SSSR count). The van der Waals surface area contributed by atoms with Crippen molar-refractivity contribution < 1.29 is 35.9 Å². The predicted octanol–water partition coefficient (Wildman–Crippen LogP) is 4.97. The molecule has 3 fully saturated rings. The maximum Gasteiger partial charge on any atom is 0.422 e. The molecule has 1 N–H and O–H groups in total. The van der Waals surface area contributed by atoms with E-state index in [4.69, 9.17) is 23.2 Å². The van der Waals surface area contributed by atoms with E-state index in [1.165, 1.54) is 4.90 Å². The Hall–Kier alpha value is -3.01. The standard InChI is InChI=1S/C28H26Cl2F3N3O5S/c29-18-4-2-17(3-5-18)27(8-1-9-27)25(38)36-14-20(13-22(36)24(37)35-26(15-34)10-11-26)42(39,40)23-7-6-19(12-21(23)30)41-16-28(31,32)33/h2-7,12,20,22H,1,8-11,13-14,16H2,(H,35,37). The Balaban J connectivity index is 1.45. The molecule has 2 aromatic carbocycles. The lowest BCUT2D eigenvalue weighted by Crippen LogP contribution is -2.56. The highest BCUT2D eigenvalue weighted by Crippen LogP contribution is 2.47. The van der Waals surface area contributed by atoms with Gasteiger partial charge in [-0.05, 0) is 61.9 Å². The van der Waals surface area contributed by atoms with Crippen molar-refractivity contribution in [2.24, 2.45) is 0 Å². The van der Waals surface area contributed by atoms with Crippen molar-refractivity contribution in [3.63, 3.8) is 0 Å². The van der Waals surface area contributed by atoms with Gasteiger partial charge in [0, 0.05) is 17.6 Å². The molecule has 2 atom stereocenters. The van der Waals surface area contributed by atoms with E-state index in [0.717, 1.165) is 24.6 Å². The first-order valence-corrected chi connectivity index (χ1v) is 15.5. The Morgan fingerprint density at radius 3 is 2.29 bits per heavy atom. The summed E-state index contributed by atoms with van der Waals surface area (Å²) in [5, 5.41) is 11.1. The molecule has 2 aliphatic carbocycles. The number of alkyl halides is 3. The minimum absolute atomic E-state index is 0.249. The van der Waals surface area contributed by atoms with Crippen LogP contribution in [0.2, 0.25) is 10.0 Å². The second-order valence-electron chi connectivity index (χ2n) is 11.0. The summed E-state index contributed by atoms with van der Waals surface area (Å²) in [6.45, 7) is -1.89. The van der Waals surface area contributed by atoms with Gasteiger partial charge in [-0.2, -0.15) is 18.4 Å². The third-order valence-corrected chi connectivity index (χ3v) is 11.1. The number of nitrogens with zero attached hydrogens (tertiary/aromatic N) is 2. The Morgan fingerprint density at radius 2 is 1.76 bits per heavy atom. The van der Waals surface area contributed by atoms with E-state index in [-0.39, 0.29) is 28.6 Å². The maximum absolute atomic E-state index is 14.2. The van der Waals surface area contributed by atoms with Crippen molar-refractivity contribution in [2.75, 3.05) is 13.2 Å². The van der Waals surface area contributed by atoms with Gasteiger partial charge in [0.15, 0.2) is 16.4 Å². The molecule has 0 bridgehead atoms. The van der Waals surface area contributed by atoms with E-state index in [9.17, 15) is 36.4 Å². The topological polar surface area (TPSA) is 117 Å². The first kappa shape index (κ1) is 30.4. The van der Waals surface area contributed by atoms with Gasteiger partial charge in [0.25, 0.3) is 0 Å². The zero-order chi connectivity index (χ0) is 30.5. The summed E-state index contributed by atoms with van der Waals surface area (Å²) in [7, 11) is -4.27. The fourth-order valence-electron chi connectivity index (χ4n) is 5.55. The molecule has 0 radical (unpaired) electrons. The predicted molar refractivity (Wildman–Crippen MR) is 147 cm³/mol. The number of rotatable bonds is 8. The van der Waals surface area contributed by atoms with Crippen LogP contribution in [0.25, 0.3) is 0 Å². The maximum atomic E-state index is 14.2. The van der Waals surface area contributed by atoms with Crippen molar-refractivity contribution in [3.05, 3.63) is 58.1 Å². The van der Waals surface area contributed by atoms with Gasteiger partial charge >= 0.3 is 6.18 Å². The van der Waals surface area contributed by atoms with Crippen LogP contribution in [0.4, 0.5) is 13.2 Å². The molecule has 1 saturated heterocycles. The molecule has 2 saturated carbocycles. The molecule has 0 aromatic heterocycles. The molecule has 1 heterocycles. The quantitative estimate of drug-likeness (QED) is 0.434. The van der Waals surface area contributed by atoms with Crippen molar-refractivity contribution in [1.29, 1.82) is 5.26 Å². The van der Waals surface area contributed by atoms with Crippen LogP contribution in [0.3, 0.4) is 0 Å². The molecule has 3 aliphatic rings. The van der Waals surface area contributed by atoms with Crippen molar-refractivity contribution in [1.82, 2.24) is 10.2 Å². The van der Waals surface area contributed by atoms with Crippen LogP contribution in [0.1, 0.15) is 44.1 Å². The van der Waals surface area contributed by atoms with Crippen LogP contribution in [-0.2, 0) is 24.8 Å². The second-order valence-corrected chi connectivity index (χ2v) is 14.0. The molecule has 14 heteroatoms. The largest absolute Gasteiger partial charge is 0.484 e. The number of nitrogens with one attached hydrogen (secondary N) is 1. The van der Waals surface area contributed by atoms with E-state index in [2.05, 4.69) is 16.1 Å². The Labute approximate surface area is 250 Å². The van der Waals surface area contributed by atoms with E-state index in [0.29, 0.717) is 36.3 Å². The third kappa shape index (κ3) is 5.79. The average molecular weight is 644 g/mol. The molecule has 224 valence electrons. The number of likely N-dealkylation sites (tertiary alicyclic amines) is 1. The summed E-state index contributed by atoms with van der Waals surface area (Å²) >= 11 is 12.3. The molecule has 2 amide bonds. The van der Waals surface area contributed by atoms with Crippen molar-refractivity contribution in [3.8, 4) is 11.8 Å². The first-order chi connectivity index (χ1) is 19.7. The molecule has 8 nitrogen and oxygen atoms in total. The van der Waals surface area contributed by atoms with Gasteiger partial charge in [-0.1, -0.05) is 41.8 Å². The molecule has 0 spiro atoms. The van der Waals surface area contributed by atoms with Crippen molar-refractivity contribution in [2.45, 2.75) is 71.8 Å². The third-order valence-electron chi connectivity index (χ3n) is 8.22. The molecule has 1 aliphatic heterocycles. The van der Waals surface area contributed by atoms with E-state index in [1.54, 1.807) is 24.3 Å². The van der Waals surface area contributed by atoms with Crippen LogP contribution < -0.4 is 10.1 Å². The number of benzene rings is 2. The Kier molecular flexibility index (Phi) is 7.92. The number of carbonyl (C=O) groups is 2. The summed E-state index contributed by atoms with van der Waals surface area (Å²) in [5.41, 5.74) is -1.28. The molecular weight excluding hydrogens is 618 g/mol. The second kappa shape index (κ2) is 10.9. The minimum Gasteiger partial charge on any atom is -0.484 e. The van der Waals surface area contributed by atoms with E-state index < -0.39 is 56.7 Å². The van der Waals surface area contributed by atoms with Crippen LogP contribution in [0.15, 0.2) is 47.4 Å². The van der Waals surface area contributed by atoms with E-state index in [1.807, 2.05) is 0 Å². The van der Waals surface area contributed by atoms with Gasteiger partial charge in [-0.15, -0.1) is 0 Å². The average Bonchev–Trinajstić information content (AvgIpc) is 3.52. The SMILES string of the molecule is N#CC1(NC(=O)C2CC(S(=O)(=O)c3ccc(OCC(F)(F)F)cc3Cl)CN2C(=O)C2(c3ccc(Cl)cc3)CCC2)CC1.